The molecule has 2 unspecified atom stereocenters. The number of rotatable bonds is 6. The quantitative estimate of drug-likeness (QED) is 0.641. The molecule has 1 aromatic heterocycles. The Bertz CT molecular complexity index is 561. The number of anilines is 1. The van der Waals surface area contributed by atoms with Crippen LogP contribution in [0.3, 0.4) is 0 Å². The number of carbonyl (C=O) groups excluding carboxylic acids is 1. The smallest absolute Gasteiger partial charge is 0.300 e. The number of nitrogens with zero attached hydrogens (tertiary/aromatic N) is 3. The van der Waals surface area contributed by atoms with Gasteiger partial charge in [0.15, 0.2) is 0 Å². The Kier molecular flexibility index (Phi) is 4.40. The van der Waals surface area contributed by atoms with Crippen LogP contribution in [0.1, 0.15) is 30.6 Å². The fourth-order valence-electron chi connectivity index (χ4n) is 2.34. The van der Waals surface area contributed by atoms with E-state index in [0.29, 0.717) is 30.7 Å². The summed E-state index contributed by atoms with van der Waals surface area (Å²) in [6.45, 7) is 5.30. The fourth-order valence-corrected chi connectivity index (χ4v) is 2.34. The van der Waals surface area contributed by atoms with E-state index in [4.69, 9.17) is 0 Å². The molecule has 1 heterocycles. The summed E-state index contributed by atoms with van der Waals surface area (Å²) < 4.78 is 0. The van der Waals surface area contributed by atoms with E-state index in [9.17, 15) is 14.9 Å². The van der Waals surface area contributed by atoms with Crippen molar-refractivity contribution in [3.05, 3.63) is 27.9 Å². The lowest BCUT2D eigenvalue weighted by Crippen LogP contribution is -2.29. The SMILES string of the molecule is CCNc1cc(C(=O)N(C)CC2CC2C)c([N+](=O)[O-])cn1. The summed E-state index contributed by atoms with van der Waals surface area (Å²) in [7, 11) is 1.68. The van der Waals surface area contributed by atoms with Crippen molar-refractivity contribution in [2.75, 3.05) is 25.5 Å². The fraction of sp³-hybridized carbons (Fsp3) is 0.571. The van der Waals surface area contributed by atoms with E-state index in [1.165, 1.54) is 6.07 Å². The molecule has 2 atom stereocenters. The first-order valence-corrected chi connectivity index (χ1v) is 7.07. The molecule has 1 saturated carbocycles. The third-order valence-electron chi connectivity index (χ3n) is 3.80. The summed E-state index contributed by atoms with van der Waals surface area (Å²) in [6, 6.07) is 1.46. The van der Waals surface area contributed by atoms with Crippen LogP contribution in [0, 0.1) is 22.0 Å². The number of amides is 1. The molecule has 1 amide bonds. The number of aromatic nitrogens is 1. The Morgan fingerprint density at radius 2 is 2.29 bits per heavy atom. The highest BCUT2D eigenvalue weighted by atomic mass is 16.6. The third kappa shape index (κ3) is 3.48. The van der Waals surface area contributed by atoms with Crippen molar-refractivity contribution in [2.24, 2.45) is 11.8 Å². The molecule has 1 fully saturated rings. The zero-order valence-corrected chi connectivity index (χ0v) is 12.5. The molecule has 0 spiro atoms. The molecule has 0 saturated heterocycles. The molecule has 0 aromatic carbocycles. The van der Waals surface area contributed by atoms with Crippen molar-refractivity contribution in [1.82, 2.24) is 9.88 Å². The van der Waals surface area contributed by atoms with Crippen LogP contribution >= 0.6 is 0 Å². The lowest BCUT2D eigenvalue weighted by atomic mass is 10.2. The highest BCUT2D eigenvalue weighted by molar-refractivity contribution is 5.98. The minimum atomic E-state index is -0.566. The van der Waals surface area contributed by atoms with Crippen molar-refractivity contribution < 1.29 is 9.72 Å². The second kappa shape index (κ2) is 6.07. The molecule has 0 radical (unpaired) electrons. The van der Waals surface area contributed by atoms with Crippen LogP contribution in [0.25, 0.3) is 0 Å². The van der Waals surface area contributed by atoms with Crippen molar-refractivity contribution in [3.8, 4) is 0 Å². The molecule has 1 aliphatic carbocycles. The van der Waals surface area contributed by atoms with Crippen LogP contribution in [-0.4, -0.2) is 40.9 Å². The predicted octanol–water partition coefficient (Wildman–Crippen LogP) is 2.15. The Morgan fingerprint density at radius 3 is 2.81 bits per heavy atom. The summed E-state index contributed by atoms with van der Waals surface area (Å²) >= 11 is 0. The topological polar surface area (TPSA) is 88.4 Å². The van der Waals surface area contributed by atoms with Crippen LogP contribution in [0.4, 0.5) is 11.5 Å². The Labute approximate surface area is 123 Å². The molecular weight excluding hydrogens is 272 g/mol. The number of pyridine rings is 1. The zero-order chi connectivity index (χ0) is 15.6. The van der Waals surface area contributed by atoms with Crippen LogP contribution in [0.15, 0.2) is 12.3 Å². The molecule has 1 N–H and O–H groups in total. The van der Waals surface area contributed by atoms with Gasteiger partial charge in [0.2, 0.25) is 0 Å². The molecule has 2 rings (SSSR count). The van der Waals surface area contributed by atoms with Gasteiger partial charge in [0, 0.05) is 26.2 Å². The molecule has 0 bridgehead atoms. The highest BCUT2D eigenvalue weighted by Gasteiger charge is 2.35. The molecule has 21 heavy (non-hydrogen) atoms. The standard InChI is InChI=1S/C14H20N4O3/c1-4-15-13-6-11(12(7-16-13)18(20)21)14(19)17(3)8-10-5-9(10)2/h6-7,9-10H,4-5,8H2,1-3H3,(H,15,16). The van der Waals surface area contributed by atoms with E-state index in [2.05, 4.69) is 17.2 Å². The molecule has 1 aliphatic rings. The molecular formula is C14H20N4O3. The summed E-state index contributed by atoms with van der Waals surface area (Å²) in [5.41, 5.74) is -0.167. The van der Waals surface area contributed by atoms with Gasteiger partial charge in [0.25, 0.3) is 11.6 Å². The lowest BCUT2D eigenvalue weighted by molar-refractivity contribution is -0.385. The van der Waals surface area contributed by atoms with Gasteiger partial charge in [-0.25, -0.2) is 4.98 Å². The molecule has 0 aliphatic heterocycles. The first kappa shape index (κ1) is 15.2. The van der Waals surface area contributed by atoms with E-state index in [1.54, 1.807) is 11.9 Å². The van der Waals surface area contributed by atoms with Gasteiger partial charge in [-0.15, -0.1) is 0 Å². The summed E-state index contributed by atoms with van der Waals surface area (Å²) in [5.74, 6) is 1.28. The van der Waals surface area contributed by atoms with Crippen molar-refractivity contribution in [1.29, 1.82) is 0 Å². The minimum absolute atomic E-state index is 0.0850. The Balaban J connectivity index is 2.23. The maximum Gasteiger partial charge on any atom is 0.300 e. The second-order valence-electron chi connectivity index (χ2n) is 5.53. The Hall–Kier alpha value is -2.18. The van der Waals surface area contributed by atoms with Gasteiger partial charge < -0.3 is 10.2 Å². The van der Waals surface area contributed by atoms with E-state index in [0.717, 1.165) is 12.6 Å². The third-order valence-corrected chi connectivity index (χ3v) is 3.80. The predicted molar refractivity (Wildman–Crippen MR) is 79.3 cm³/mol. The van der Waals surface area contributed by atoms with Crippen LogP contribution in [-0.2, 0) is 0 Å². The van der Waals surface area contributed by atoms with Crippen LogP contribution in [0.2, 0.25) is 0 Å². The second-order valence-corrected chi connectivity index (χ2v) is 5.53. The van der Waals surface area contributed by atoms with Gasteiger partial charge in [0.1, 0.15) is 17.6 Å². The van der Waals surface area contributed by atoms with Crippen molar-refractivity contribution in [2.45, 2.75) is 20.3 Å². The summed E-state index contributed by atoms with van der Waals surface area (Å²) in [5, 5.41) is 14.0. The van der Waals surface area contributed by atoms with Crippen molar-refractivity contribution >= 4 is 17.4 Å². The number of nitrogens with one attached hydrogen (secondary N) is 1. The minimum Gasteiger partial charge on any atom is -0.370 e. The van der Waals surface area contributed by atoms with Gasteiger partial charge in [-0.1, -0.05) is 6.92 Å². The van der Waals surface area contributed by atoms with Crippen LogP contribution in [0.5, 0.6) is 0 Å². The first-order valence-electron chi connectivity index (χ1n) is 7.07. The van der Waals surface area contributed by atoms with E-state index >= 15 is 0 Å². The molecule has 7 heteroatoms. The van der Waals surface area contributed by atoms with Crippen LogP contribution < -0.4 is 5.32 Å². The average molecular weight is 292 g/mol. The summed E-state index contributed by atoms with van der Waals surface area (Å²) in [6.07, 6.45) is 2.25. The molecule has 7 nitrogen and oxygen atoms in total. The first-order chi connectivity index (χ1) is 9.93. The Morgan fingerprint density at radius 1 is 1.62 bits per heavy atom. The maximum absolute atomic E-state index is 12.5. The van der Waals surface area contributed by atoms with Gasteiger partial charge in [0.05, 0.1) is 4.92 Å². The van der Waals surface area contributed by atoms with E-state index in [-0.39, 0.29) is 17.2 Å². The molecule has 1 aromatic rings. The zero-order valence-electron chi connectivity index (χ0n) is 12.5. The lowest BCUT2D eigenvalue weighted by Gasteiger charge is -2.17. The number of hydrogen-bond donors (Lipinski definition) is 1. The maximum atomic E-state index is 12.5. The number of carbonyl (C=O) groups is 1. The molecule has 114 valence electrons. The van der Waals surface area contributed by atoms with Gasteiger partial charge in [-0.05, 0) is 25.2 Å². The monoisotopic (exact) mass is 292 g/mol. The summed E-state index contributed by atoms with van der Waals surface area (Å²) in [4.78, 5) is 28.5. The average Bonchev–Trinajstić information content (AvgIpc) is 3.13. The van der Waals surface area contributed by atoms with E-state index < -0.39 is 4.92 Å². The number of hydrogen-bond acceptors (Lipinski definition) is 5. The van der Waals surface area contributed by atoms with E-state index in [1.807, 2.05) is 6.92 Å². The van der Waals surface area contributed by atoms with Gasteiger partial charge in [-0.2, -0.15) is 0 Å². The van der Waals surface area contributed by atoms with Crippen molar-refractivity contribution in [3.63, 3.8) is 0 Å². The highest BCUT2D eigenvalue weighted by Crippen LogP contribution is 2.38. The largest absolute Gasteiger partial charge is 0.370 e. The van der Waals surface area contributed by atoms with Gasteiger partial charge >= 0.3 is 0 Å². The van der Waals surface area contributed by atoms with Gasteiger partial charge in [-0.3, -0.25) is 14.9 Å². The number of nitro groups is 1. The normalized spacial score (nSPS) is 20.0.